The van der Waals surface area contributed by atoms with E-state index < -0.39 is 17.4 Å². The van der Waals surface area contributed by atoms with Crippen LogP contribution in [0.1, 0.15) is 21.5 Å². The van der Waals surface area contributed by atoms with Gasteiger partial charge in [0.05, 0.1) is 5.02 Å². The maximum atomic E-state index is 13.5. The Morgan fingerprint density at radius 2 is 1.79 bits per heavy atom. The molecular weight excluding hydrogens is 270 g/mol. The summed E-state index contributed by atoms with van der Waals surface area (Å²) in [7, 11) is 0. The number of benzene rings is 2. The molecule has 19 heavy (non-hydrogen) atoms. The van der Waals surface area contributed by atoms with Crippen molar-refractivity contribution < 1.29 is 13.6 Å². The fourth-order valence-corrected chi connectivity index (χ4v) is 2.14. The summed E-state index contributed by atoms with van der Waals surface area (Å²) in [6.07, 6.45) is -0.346. The zero-order valence-electron chi connectivity index (χ0n) is 10.2. The Bertz CT molecular complexity index is 618. The first-order chi connectivity index (χ1) is 8.99. The second-order valence-corrected chi connectivity index (χ2v) is 4.69. The predicted molar refractivity (Wildman–Crippen MR) is 70.6 cm³/mol. The molecule has 0 bridgehead atoms. The molecule has 0 amide bonds. The van der Waals surface area contributed by atoms with E-state index in [1.807, 2.05) is 6.92 Å². The van der Waals surface area contributed by atoms with Gasteiger partial charge in [0.25, 0.3) is 0 Å². The Balaban J connectivity index is 2.31. The van der Waals surface area contributed by atoms with Gasteiger partial charge < -0.3 is 0 Å². The first kappa shape index (κ1) is 13.7. The molecule has 0 saturated heterocycles. The number of ketones is 1. The Hall–Kier alpha value is -1.74. The average molecular weight is 281 g/mol. The smallest absolute Gasteiger partial charge is 0.168 e. The van der Waals surface area contributed by atoms with Gasteiger partial charge in [-0.2, -0.15) is 0 Å². The van der Waals surface area contributed by atoms with Crippen LogP contribution in [0, 0.1) is 18.6 Å². The second-order valence-electron chi connectivity index (χ2n) is 4.28. The van der Waals surface area contributed by atoms with Crippen molar-refractivity contribution in [2.24, 2.45) is 0 Å². The molecule has 2 rings (SSSR count). The van der Waals surface area contributed by atoms with Gasteiger partial charge in [0, 0.05) is 17.5 Å². The minimum absolute atomic E-state index is 0.232. The summed E-state index contributed by atoms with van der Waals surface area (Å²) >= 11 is 5.96. The van der Waals surface area contributed by atoms with Crippen LogP contribution in [0.15, 0.2) is 36.4 Å². The summed E-state index contributed by atoms with van der Waals surface area (Å²) in [6, 6.07) is 8.46. The van der Waals surface area contributed by atoms with Crippen molar-refractivity contribution in [3.05, 3.63) is 69.7 Å². The van der Waals surface area contributed by atoms with Crippen LogP contribution in [0.2, 0.25) is 5.02 Å². The monoisotopic (exact) mass is 280 g/mol. The molecule has 0 aliphatic heterocycles. The molecule has 2 aromatic carbocycles. The van der Waals surface area contributed by atoms with Gasteiger partial charge in [0.2, 0.25) is 0 Å². The predicted octanol–water partition coefficient (Wildman–Crippen LogP) is 4.35. The Kier molecular flexibility index (Phi) is 3.96. The van der Waals surface area contributed by atoms with E-state index in [4.69, 9.17) is 11.6 Å². The number of carbonyl (C=O) groups is 1. The van der Waals surface area contributed by atoms with Crippen LogP contribution in [0.5, 0.6) is 0 Å². The lowest BCUT2D eigenvalue weighted by atomic mass is 10.0. The normalized spacial score (nSPS) is 10.5. The summed E-state index contributed by atoms with van der Waals surface area (Å²) < 4.78 is 26.9. The molecule has 0 atom stereocenters. The second kappa shape index (κ2) is 5.49. The lowest BCUT2D eigenvalue weighted by Gasteiger charge is -2.06. The number of hydrogen-bond donors (Lipinski definition) is 0. The van der Waals surface area contributed by atoms with Gasteiger partial charge >= 0.3 is 0 Å². The summed E-state index contributed by atoms with van der Waals surface area (Å²) in [5, 5.41) is 0.293. The molecule has 0 radical (unpaired) electrons. The largest absolute Gasteiger partial charge is 0.294 e. The molecule has 0 saturated carbocycles. The number of aryl methyl sites for hydroxylation is 1. The SMILES string of the molecule is Cc1ccc(C(=O)Cc2c(F)cccc2F)c(Cl)c1. The molecule has 0 spiro atoms. The summed E-state index contributed by atoms with van der Waals surface area (Å²) in [5.41, 5.74) is 0.956. The first-order valence-electron chi connectivity index (χ1n) is 5.71. The van der Waals surface area contributed by atoms with E-state index in [1.54, 1.807) is 18.2 Å². The molecule has 0 aliphatic carbocycles. The molecule has 0 fully saturated rings. The summed E-state index contributed by atoms with van der Waals surface area (Å²) in [4.78, 5) is 12.0. The maximum absolute atomic E-state index is 13.5. The molecule has 98 valence electrons. The molecule has 1 nitrogen and oxygen atoms in total. The highest BCUT2D eigenvalue weighted by atomic mass is 35.5. The van der Waals surface area contributed by atoms with Gasteiger partial charge in [-0.3, -0.25) is 4.79 Å². The van der Waals surface area contributed by atoms with Gasteiger partial charge in [-0.25, -0.2) is 8.78 Å². The third kappa shape index (κ3) is 2.99. The molecule has 0 aromatic heterocycles. The van der Waals surface area contributed by atoms with E-state index in [9.17, 15) is 13.6 Å². The molecule has 0 aliphatic rings. The van der Waals surface area contributed by atoms with Gasteiger partial charge in [-0.15, -0.1) is 0 Å². The van der Waals surface area contributed by atoms with Crippen LogP contribution in [0.4, 0.5) is 8.78 Å². The van der Waals surface area contributed by atoms with Crippen LogP contribution in [0.25, 0.3) is 0 Å². The van der Waals surface area contributed by atoms with Crippen molar-refractivity contribution in [1.29, 1.82) is 0 Å². The minimum Gasteiger partial charge on any atom is -0.294 e. The van der Waals surface area contributed by atoms with E-state index in [0.717, 1.165) is 17.7 Å². The summed E-state index contributed by atoms with van der Waals surface area (Å²) in [5.74, 6) is -1.86. The molecule has 0 heterocycles. The summed E-state index contributed by atoms with van der Waals surface area (Å²) in [6.45, 7) is 1.84. The average Bonchev–Trinajstić information content (AvgIpc) is 2.33. The van der Waals surface area contributed by atoms with Crippen molar-refractivity contribution in [2.75, 3.05) is 0 Å². The topological polar surface area (TPSA) is 17.1 Å². The number of Topliss-reactive ketones (excluding diaryl/α,β-unsaturated/α-hetero) is 1. The molecule has 4 heteroatoms. The molecule has 2 aromatic rings. The highest BCUT2D eigenvalue weighted by Crippen LogP contribution is 2.21. The lowest BCUT2D eigenvalue weighted by Crippen LogP contribution is -2.08. The van der Waals surface area contributed by atoms with Crippen molar-refractivity contribution >= 4 is 17.4 Å². The van der Waals surface area contributed by atoms with Crippen molar-refractivity contribution in [3.8, 4) is 0 Å². The van der Waals surface area contributed by atoms with E-state index in [0.29, 0.717) is 5.02 Å². The van der Waals surface area contributed by atoms with Crippen molar-refractivity contribution in [2.45, 2.75) is 13.3 Å². The fraction of sp³-hybridized carbons (Fsp3) is 0.133. The van der Waals surface area contributed by atoms with Crippen molar-refractivity contribution in [1.82, 2.24) is 0 Å². The van der Waals surface area contributed by atoms with Crippen LogP contribution in [-0.4, -0.2) is 5.78 Å². The lowest BCUT2D eigenvalue weighted by molar-refractivity contribution is 0.0990. The van der Waals surface area contributed by atoms with E-state index >= 15 is 0 Å². The highest BCUT2D eigenvalue weighted by Gasteiger charge is 2.16. The maximum Gasteiger partial charge on any atom is 0.168 e. The van der Waals surface area contributed by atoms with Gasteiger partial charge in [0.1, 0.15) is 11.6 Å². The van der Waals surface area contributed by atoms with Crippen LogP contribution < -0.4 is 0 Å². The van der Waals surface area contributed by atoms with E-state index in [2.05, 4.69) is 0 Å². The van der Waals surface area contributed by atoms with Crippen LogP contribution >= 0.6 is 11.6 Å². The van der Waals surface area contributed by atoms with E-state index in [1.165, 1.54) is 6.07 Å². The minimum atomic E-state index is -0.725. The Morgan fingerprint density at radius 1 is 1.16 bits per heavy atom. The van der Waals surface area contributed by atoms with E-state index in [-0.39, 0.29) is 17.5 Å². The van der Waals surface area contributed by atoms with Crippen molar-refractivity contribution in [3.63, 3.8) is 0 Å². The number of rotatable bonds is 3. The Morgan fingerprint density at radius 3 is 2.37 bits per heavy atom. The molecular formula is C15H11ClF2O. The molecule has 0 N–H and O–H groups in total. The Labute approximate surface area is 114 Å². The standard InChI is InChI=1S/C15H11ClF2O/c1-9-5-6-10(12(16)7-9)15(19)8-11-13(17)3-2-4-14(11)18/h2-7H,8H2,1H3. The van der Waals surface area contributed by atoms with Crippen LogP contribution in [0.3, 0.4) is 0 Å². The first-order valence-corrected chi connectivity index (χ1v) is 6.09. The van der Waals surface area contributed by atoms with Gasteiger partial charge in [-0.05, 0) is 36.8 Å². The zero-order valence-corrected chi connectivity index (χ0v) is 11.0. The number of halogens is 3. The third-order valence-electron chi connectivity index (χ3n) is 2.82. The number of hydrogen-bond acceptors (Lipinski definition) is 1. The van der Waals surface area contributed by atoms with Crippen LogP contribution in [-0.2, 0) is 6.42 Å². The fourth-order valence-electron chi connectivity index (χ4n) is 1.80. The quantitative estimate of drug-likeness (QED) is 0.764. The zero-order chi connectivity index (χ0) is 14.0. The third-order valence-corrected chi connectivity index (χ3v) is 3.14. The van der Waals surface area contributed by atoms with Gasteiger partial charge in [0.15, 0.2) is 5.78 Å². The molecule has 0 unspecified atom stereocenters. The number of carbonyl (C=O) groups excluding carboxylic acids is 1. The highest BCUT2D eigenvalue weighted by molar-refractivity contribution is 6.34. The van der Waals surface area contributed by atoms with Gasteiger partial charge in [-0.1, -0.05) is 23.7 Å².